The largest absolute Gasteiger partial charge is 0.411 e. The Hall–Kier alpha value is -0.383. The van der Waals surface area contributed by atoms with Gasteiger partial charge in [-0.15, -0.1) is 0 Å². The minimum Gasteiger partial charge on any atom is -0.411 e. The molecule has 2 fully saturated rings. The van der Waals surface area contributed by atoms with Gasteiger partial charge in [0.05, 0.1) is 11.2 Å². The van der Waals surface area contributed by atoms with Crippen molar-refractivity contribution in [2.75, 3.05) is 0 Å². The van der Waals surface area contributed by atoms with E-state index in [4.69, 9.17) is 4.43 Å². The van der Waals surface area contributed by atoms with Crippen LogP contribution in [-0.4, -0.2) is 24.6 Å². The van der Waals surface area contributed by atoms with E-state index in [0.717, 1.165) is 19.3 Å². The Morgan fingerprint density at radius 2 is 1.92 bits per heavy atom. The highest BCUT2D eigenvalue weighted by Crippen LogP contribution is 2.65. The summed E-state index contributed by atoms with van der Waals surface area (Å²) >= 11 is 0. The van der Waals surface area contributed by atoms with E-state index in [9.17, 15) is 5.11 Å². The highest BCUT2D eigenvalue weighted by atomic mass is 28.4. The SMILES string of the molecule is C=C1C[C@@H]2[C@](C)(O)C=CC[C@@]2(C)[C@]2(O[Si](C)(C)C)C[C@H](C)CC[C@@H]12. The number of allylic oxidation sites excluding steroid dienone is 1. The lowest BCUT2D eigenvalue weighted by atomic mass is 9.44. The van der Waals surface area contributed by atoms with Gasteiger partial charge in [-0.25, -0.2) is 0 Å². The van der Waals surface area contributed by atoms with Crippen LogP contribution in [0.3, 0.4) is 0 Å². The molecule has 3 aliphatic rings. The third-order valence-corrected chi connectivity index (χ3v) is 8.03. The van der Waals surface area contributed by atoms with Crippen molar-refractivity contribution < 1.29 is 9.53 Å². The molecule has 0 spiro atoms. The molecule has 0 aromatic heterocycles. The van der Waals surface area contributed by atoms with Crippen molar-refractivity contribution in [2.45, 2.75) is 83.7 Å². The molecule has 0 unspecified atom stereocenters. The zero-order valence-electron chi connectivity index (χ0n) is 16.5. The highest BCUT2D eigenvalue weighted by Gasteiger charge is 2.66. The van der Waals surface area contributed by atoms with Crippen LogP contribution in [0.1, 0.15) is 52.9 Å². The van der Waals surface area contributed by atoms with Gasteiger partial charge in [0.15, 0.2) is 8.32 Å². The van der Waals surface area contributed by atoms with Gasteiger partial charge >= 0.3 is 0 Å². The molecule has 0 bridgehead atoms. The van der Waals surface area contributed by atoms with Crippen molar-refractivity contribution in [1.29, 1.82) is 0 Å². The van der Waals surface area contributed by atoms with Gasteiger partial charge in [0.25, 0.3) is 0 Å². The lowest BCUT2D eigenvalue weighted by molar-refractivity contribution is -0.198. The van der Waals surface area contributed by atoms with Gasteiger partial charge in [0, 0.05) is 17.3 Å². The van der Waals surface area contributed by atoms with Crippen molar-refractivity contribution in [3.8, 4) is 0 Å². The molecule has 3 aliphatic carbocycles. The molecule has 3 heteroatoms. The van der Waals surface area contributed by atoms with E-state index in [-0.39, 0.29) is 16.9 Å². The minimum atomic E-state index is -1.74. The molecule has 0 saturated heterocycles. The Balaban J connectivity index is 2.17. The van der Waals surface area contributed by atoms with Crippen LogP contribution in [0.4, 0.5) is 0 Å². The lowest BCUT2D eigenvalue weighted by Gasteiger charge is -2.67. The van der Waals surface area contributed by atoms with Crippen LogP contribution in [-0.2, 0) is 4.43 Å². The molecule has 1 N–H and O–H groups in total. The molecular weight excluding hydrogens is 312 g/mol. The fraction of sp³-hybridized carbons (Fsp3) is 0.810. The van der Waals surface area contributed by atoms with Crippen molar-refractivity contribution in [3.63, 3.8) is 0 Å². The fourth-order valence-corrected chi connectivity index (χ4v) is 7.69. The summed E-state index contributed by atoms with van der Waals surface area (Å²) in [5, 5.41) is 11.1. The first kappa shape index (κ1) is 18.4. The summed E-state index contributed by atoms with van der Waals surface area (Å²) in [6.45, 7) is 18.2. The molecule has 0 aromatic carbocycles. The smallest absolute Gasteiger partial charge is 0.184 e. The summed E-state index contributed by atoms with van der Waals surface area (Å²) in [6, 6.07) is 0. The zero-order valence-corrected chi connectivity index (χ0v) is 17.5. The molecule has 0 radical (unpaired) electrons. The predicted molar refractivity (Wildman–Crippen MR) is 103 cm³/mol. The van der Waals surface area contributed by atoms with E-state index >= 15 is 0 Å². The van der Waals surface area contributed by atoms with Gasteiger partial charge in [0.2, 0.25) is 0 Å². The summed E-state index contributed by atoms with van der Waals surface area (Å²) in [7, 11) is -1.74. The summed E-state index contributed by atoms with van der Waals surface area (Å²) in [4.78, 5) is 0. The Morgan fingerprint density at radius 3 is 2.54 bits per heavy atom. The lowest BCUT2D eigenvalue weighted by Crippen LogP contribution is -2.68. The third kappa shape index (κ3) is 2.67. The van der Waals surface area contributed by atoms with Crippen molar-refractivity contribution in [3.05, 3.63) is 24.3 Å². The Kier molecular flexibility index (Phi) is 4.26. The maximum atomic E-state index is 11.1. The summed E-state index contributed by atoms with van der Waals surface area (Å²) in [5.41, 5.74) is 0.367. The quantitative estimate of drug-likeness (QED) is 0.541. The van der Waals surface area contributed by atoms with Crippen LogP contribution in [0.5, 0.6) is 0 Å². The second-order valence-corrected chi connectivity index (χ2v) is 14.6. The van der Waals surface area contributed by atoms with Gasteiger partial charge < -0.3 is 9.53 Å². The summed E-state index contributed by atoms with van der Waals surface area (Å²) < 4.78 is 7.11. The van der Waals surface area contributed by atoms with E-state index in [1.807, 2.05) is 13.0 Å². The van der Waals surface area contributed by atoms with Crippen molar-refractivity contribution in [1.82, 2.24) is 0 Å². The predicted octanol–water partition coefficient (Wildman–Crippen LogP) is 5.31. The summed E-state index contributed by atoms with van der Waals surface area (Å²) in [5.74, 6) is 1.32. The molecule has 6 atom stereocenters. The molecular formula is C21H36O2Si. The van der Waals surface area contributed by atoms with E-state index in [0.29, 0.717) is 11.8 Å². The van der Waals surface area contributed by atoms with Crippen LogP contribution in [0.2, 0.25) is 19.6 Å². The average Bonchev–Trinajstić information content (AvgIpc) is 2.39. The van der Waals surface area contributed by atoms with Crippen LogP contribution in [0, 0.1) is 23.2 Å². The van der Waals surface area contributed by atoms with Gasteiger partial charge in [-0.3, -0.25) is 0 Å². The van der Waals surface area contributed by atoms with Crippen LogP contribution in [0.15, 0.2) is 24.3 Å². The third-order valence-electron chi connectivity index (χ3n) is 7.05. The highest BCUT2D eigenvalue weighted by molar-refractivity contribution is 6.69. The second-order valence-electron chi connectivity index (χ2n) is 10.2. The number of aliphatic hydroxyl groups is 1. The standard InChI is InChI=1S/C21H36O2Si/c1-15-9-10-17-16(2)13-18-19(3,11-8-12-20(18,4)22)21(17,14-15)23-24(5,6)7/h8,12,15,17-18,22H,2,9-11,13-14H2,1,3-7H3/t15-,17+,18+,19-,20-,21+/m1/s1. The van der Waals surface area contributed by atoms with E-state index in [2.05, 4.69) is 46.1 Å². The number of fused-ring (bicyclic) bond motifs is 3. The maximum absolute atomic E-state index is 11.1. The number of hydrogen-bond acceptors (Lipinski definition) is 2. The first-order valence-electron chi connectivity index (χ1n) is 9.69. The first-order valence-corrected chi connectivity index (χ1v) is 13.1. The fourth-order valence-electron chi connectivity index (χ4n) is 6.14. The minimum absolute atomic E-state index is 0.0218. The van der Waals surface area contributed by atoms with Crippen LogP contribution in [0.25, 0.3) is 0 Å². The van der Waals surface area contributed by atoms with Crippen molar-refractivity contribution >= 4 is 8.32 Å². The van der Waals surface area contributed by atoms with Gasteiger partial charge in [-0.1, -0.05) is 38.2 Å². The normalized spacial score (nSPS) is 48.8. The first-order chi connectivity index (χ1) is 10.9. The molecule has 2 saturated carbocycles. The molecule has 24 heavy (non-hydrogen) atoms. The molecule has 3 rings (SSSR count). The Bertz CT molecular complexity index is 559. The Labute approximate surface area is 149 Å². The summed E-state index contributed by atoms with van der Waals surface area (Å²) in [6.07, 6.45) is 9.74. The maximum Gasteiger partial charge on any atom is 0.184 e. The molecule has 2 nitrogen and oxygen atoms in total. The van der Waals surface area contributed by atoms with Crippen molar-refractivity contribution in [2.24, 2.45) is 23.2 Å². The molecule has 136 valence electrons. The number of hydrogen-bond donors (Lipinski definition) is 1. The molecule has 0 amide bonds. The topological polar surface area (TPSA) is 29.5 Å². The molecule has 0 aromatic rings. The van der Waals surface area contributed by atoms with E-state index in [1.54, 1.807) is 0 Å². The van der Waals surface area contributed by atoms with E-state index in [1.165, 1.54) is 18.4 Å². The molecule has 0 heterocycles. The van der Waals surface area contributed by atoms with Crippen LogP contribution < -0.4 is 0 Å². The second kappa shape index (κ2) is 5.56. The van der Waals surface area contributed by atoms with Crippen LogP contribution >= 0.6 is 0 Å². The monoisotopic (exact) mass is 348 g/mol. The van der Waals surface area contributed by atoms with Gasteiger partial charge in [-0.05, 0) is 64.6 Å². The zero-order chi connectivity index (χ0) is 18.0. The van der Waals surface area contributed by atoms with Gasteiger partial charge in [0.1, 0.15) is 0 Å². The van der Waals surface area contributed by atoms with E-state index < -0.39 is 13.9 Å². The average molecular weight is 349 g/mol. The van der Waals surface area contributed by atoms with Gasteiger partial charge in [-0.2, -0.15) is 0 Å². The number of rotatable bonds is 2. The Morgan fingerprint density at radius 1 is 1.25 bits per heavy atom. The molecule has 0 aliphatic heterocycles.